The topological polar surface area (TPSA) is 38.9 Å². The summed E-state index contributed by atoms with van der Waals surface area (Å²) in [6.07, 6.45) is 5.46. The Morgan fingerprint density at radius 3 is 2.52 bits per heavy atom. The van der Waals surface area contributed by atoms with Gasteiger partial charge in [0.05, 0.1) is 11.3 Å². The second-order valence-electron chi connectivity index (χ2n) is 5.54. The van der Waals surface area contributed by atoms with Crippen molar-refractivity contribution in [1.29, 1.82) is 0 Å². The van der Waals surface area contributed by atoms with E-state index in [9.17, 15) is 0 Å². The molecule has 3 nitrogen and oxygen atoms in total. The maximum atomic E-state index is 6.27. The van der Waals surface area contributed by atoms with Gasteiger partial charge in [-0.05, 0) is 23.6 Å². The Kier molecular flexibility index (Phi) is 2.50. The molecule has 0 unspecified atom stereocenters. The van der Waals surface area contributed by atoms with Crippen LogP contribution >= 0.6 is 0 Å². The molecule has 0 spiro atoms. The highest BCUT2D eigenvalue weighted by Gasteiger charge is 2.14. The zero-order valence-electron chi connectivity index (χ0n) is 12.2. The van der Waals surface area contributed by atoms with Gasteiger partial charge in [-0.3, -0.25) is 9.97 Å². The second kappa shape index (κ2) is 4.65. The summed E-state index contributed by atoms with van der Waals surface area (Å²) in [6, 6.07) is 18.3. The van der Waals surface area contributed by atoms with E-state index in [0.29, 0.717) is 0 Å². The number of aromatic nitrogens is 2. The number of hydrogen-bond donors (Lipinski definition) is 0. The van der Waals surface area contributed by atoms with E-state index in [1.54, 1.807) is 6.20 Å². The van der Waals surface area contributed by atoms with E-state index in [-0.39, 0.29) is 0 Å². The molecule has 0 aliphatic rings. The maximum absolute atomic E-state index is 6.27. The van der Waals surface area contributed by atoms with Crippen LogP contribution in [0, 0.1) is 0 Å². The first-order valence-corrected chi connectivity index (χ1v) is 7.51. The first-order valence-electron chi connectivity index (χ1n) is 7.51. The normalized spacial score (nSPS) is 11.5. The number of pyridine rings is 2. The fraction of sp³-hybridized carbons (Fsp3) is 0. The van der Waals surface area contributed by atoms with Crippen LogP contribution in [0.2, 0.25) is 0 Å². The molecule has 3 aromatic heterocycles. The van der Waals surface area contributed by atoms with Gasteiger partial charge in [-0.25, -0.2) is 0 Å². The highest BCUT2D eigenvalue weighted by Crippen LogP contribution is 2.37. The SMILES string of the molecule is c1ccc(-c2cncc3c2oc2c4ccccc4ccc32)nc1. The summed E-state index contributed by atoms with van der Waals surface area (Å²) in [7, 11) is 0. The molecular weight excluding hydrogens is 284 g/mol. The lowest BCUT2D eigenvalue weighted by Crippen LogP contribution is -1.84. The summed E-state index contributed by atoms with van der Waals surface area (Å²) in [4.78, 5) is 8.82. The van der Waals surface area contributed by atoms with Crippen LogP contribution in [0.4, 0.5) is 0 Å². The zero-order chi connectivity index (χ0) is 15.2. The summed E-state index contributed by atoms with van der Waals surface area (Å²) in [5.41, 5.74) is 3.53. The van der Waals surface area contributed by atoms with Crippen LogP contribution in [-0.4, -0.2) is 9.97 Å². The third-order valence-corrected chi connectivity index (χ3v) is 4.21. The number of hydrogen-bond acceptors (Lipinski definition) is 3. The van der Waals surface area contributed by atoms with Gasteiger partial charge in [-0.15, -0.1) is 0 Å². The Hall–Kier alpha value is -3.20. The van der Waals surface area contributed by atoms with Crippen LogP contribution in [0.5, 0.6) is 0 Å². The predicted molar refractivity (Wildman–Crippen MR) is 92.3 cm³/mol. The zero-order valence-corrected chi connectivity index (χ0v) is 12.2. The van der Waals surface area contributed by atoms with Crippen LogP contribution in [-0.2, 0) is 0 Å². The quantitative estimate of drug-likeness (QED) is 0.427. The Balaban J connectivity index is 1.95. The van der Waals surface area contributed by atoms with Crippen LogP contribution in [0.25, 0.3) is 44.0 Å². The summed E-state index contributed by atoms with van der Waals surface area (Å²) in [5.74, 6) is 0. The minimum absolute atomic E-state index is 0.838. The number of furan rings is 1. The number of rotatable bonds is 1. The van der Waals surface area contributed by atoms with Crippen molar-refractivity contribution in [2.75, 3.05) is 0 Å². The van der Waals surface area contributed by atoms with E-state index < -0.39 is 0 Å². The van der Waals surface area contributed by atoms with E-state index in [4.69, 9.17) is 4.42 Å². The molecule has 108 valence electrons. The highest BCUT2D eigenvalue weighted by molar-refractivity contribution is 6.16. The molecular formula is C20H12N2O. The molecule has 0 saturated carbocycles. The Morgan fingerprint density at radius 1 is 0.696 bits per heavy atom. The number of benzene rings is 2. The third kappa shape index (κ3) is 1.77. The van der Waals surface area contributed by atoms with Crippen molar-refractivity contribution in [1.82, 2.24) is 9.97 Å². The van der Waals surface area contributed by atoms with Crippen molar-refractivity contribution >= 4 is 32.7 Å². The molecule has 2 aromatic carbocycles. The summed E-state index contributed by atoms with van der Waals surface area (Å²) in [6.45, 7) is 0. The molecule has 0 fully saturated rings. The molecule has 0 radical (unpaired) electrons. The van der Waals surface area contributed by atoms with Gasteiger partial charge >= 0.3 is 0 Å². The molecule has 0 bridgehead atoms. The molecule has 0 amide bonds. The van der Waals surface area contributed by atoms with Gasteiger partial charge in [0.1, 0.15) is 11.2 Å². The van der Waals surface area contributed by atoms with Crippen molar-refractivity contribution < 1.29 is 4.42 Å². The lowest BCUT2D eigenvalue weighted by molar-refractivity contribution is 0.673. The monoisotopic (exact) mass is 296 g/mol. The average Bonchev–Trinajstić information content (AvgIpc) is 3.01. The van der Waals surface area contributed by atoms with E-state index in [1.807, 2.05) is 42.7 Å². The van der Waals surface area contributed by atoms with E-state index in [2.05, 4.69) is 34.2 Å². The fourth-order valence-corrected chi connectivity index (χ4v) is 3.12. The summed E-state index contributed by atoms with van der Waals surface area (Å²) >= 11 is 0. The largest absolute Gasteiger partial charge is 0.455 e. The van der Waals surface area contributed by atoms with Gasteiger partial charge in [-0.2, -0.15) is 0 Å². The van der Waals surface area contributed by atoms with Crippen molar-refractivity contribution in [3.05, 3.63) is 73.2 Å². The molecule has 0 N–H and O–H groups in total. The predicted octanol–water partition coefficient (Wildman–Crippen LogP) is 5.20. The van der Waals surface area contributed by atoms with Gasteiger partial charge in [0, 0.05) is 34.7 Å². The van der Waals surface area contributed by atoms with Gasteiger partial charge in [-0.1, -0.05) is 36.4 Å². The van der Waals surface area contributed by atoms with Crippen LogP contribution in [0.15, 0.2) is 77.6 Å². The Morgan fingerprint density at radius 2 is 1.61 bits per heavy atom. The first-order chi connectivity index (χ1) is 11.4. The fourth-order valence-electron chi connectivity index (χ4n) is 3.12. The van der Waals surface area contributed by atoms with E-state index in [1.165, 1.54) is 5.39 Å². The average molecular weight is 296 g/mol. The molecule has 0 aliphatic heterocycles. The van der Waals surface area contributed by atoms with Gasteiger partial charge < -0.3 is 4.42 Å². The lowest BCUT2D eigenvalue weighted by atomic mass is 10.1. The van der Waals surface area contributed by atoms with Gasteiger partial charge in [0.25, 0.3) is 0 Å². The van der Waals surface area contributed by atoms with E-state index >= 15 is 0 Å². The van der Waals surface area contributed by atoms with Crippen molar-refractivity contribution in [2.45, 2.75) is 0 Å². The van der Waals surface area contributed by atoms with Gasteiger partial charge in [0.15, 0.2) is 0 Å². The Labute approximate surface area is 132 Å². The van der Waals surface area contributed by atoms with Crippen LogP contribution in [0.3, 0.4) is 0 Å². The third-order valence-electron chi connectivity index (χ3n) is 4.21. The van der Waals surface area contributed by atoms with Crippen molar-refractivity contribution in [3.8, 4) is 11.3 Å². The van der Waals surface area contributed by atoms with Crippen molar-refractivity contribution in [2.24, 2.45) is 0 Å². The minimum Gasteiger partial charge on any atom is -0.455 e. The van der Waals surface area contributed by atoms with Crippen molar-refractivity contribution in [3.63, 3.8) is 0 Å². The summed E-state index contributed by atoms with van der Waals surface area (Å²) < 4.78 is 6.27. The second-order valence-corrected chi connectivity index (χ2v) is 5.54. The number of nitrogens with zero attached hydrogens (tertiary/aromatic N) is 2. The molecule has 5 aromatic rings. The van der Waals surface area contributed by atoms with Gasteiger partial charge in [0.2, 0.25) is 0 Å². The smallest absolute Gasteiger partial charge is 0.147 e. The first kappa shape index (κ1) is 12.4. The molecule has 0 aliphatic carbocycles. The maximum Gasteiger partial charge on any atom is 0.147 e. The molecule has 5 rings (SSSR count). The summed E-state index contributed by atoms with van der Waals surface area (Å²) in [5, 5.41) is 4.40. The molecule has 0 saturated heterocycles. The van der Waals surface area contributed by atoms with Crippen LogP contribution < -0.4 is 0 Å². The highest BCUT2D eigenvalue weighted by atomic mass is 16.3. The Bertz CT molecular complexity index is 1160. The molecule has 3 heterocycles. The number of fused-ring (bicyclic) bond motifs is 5. The van der Waals surface area contributed by atoms with Crippen LogP contribution in [0.1, 0.15) is 0 Å². The minimum atomic E-state index is 0.838. The molecule has 0 atom stereocenters. The standard InChI is InChI=1S/C20H12N2O/c1-2-6-14-13(5-1)8-9-15-16-11-21-12-17(20(16)23-19(14)15)18-7-3-4-10-22-18/h1-12H. The van der Waals surface area contributed by atoms with E-state index in [0.717, 1.165) is 38.6 Å². The molecule has 23 heavy (non-hydrogen) atoms. The lowest BCUT2D eigenvalue weighted by Gasteiger charge is -1.99. The molecule has 3 heteroatoms.